The number of anilines is 1. The van der Waals surface area contributed by atoms with Crippen molar-refractivity contribution in [2.45, 2.75) is 26.7 Å². The fraction of sp³-hybridized carbons (Fsp3) is 0.467. The van der Waals surface area contributed by atoms with Crippen molar-refractivity contribution in [3.63, 3.8) is 0 Å². The summed E-state index contributed by atoms with van der Waals surface area (Å²) in [5.41, 5.74) is 0.992. The smallest absolute Gasteiger partial charge is 0.156 e. The van der Waals surface area contributed by atoms with Gasteiger partial charge >= 0.3 is 0 Å². The topological polar surface area (TPSA) is 37.8 Å². The van der Waals surface area contributed by atoms with Gasteiger partial charge in [0, 0.05) is 17.3 Å². The Morgan fingerprint density at radius 3 is 2.67 bits per heavy atom. The molecule has 0 spiro atoms. The van der Waals surface area contributed by atoms with Crippen LogP contribution in [0.3, 0.4) is 0 Å². The van der Waals surface area contributed by atoms with Crippen LogP contribution >= 0.6 is 0 Å². The van der Waals surface area contributed by atoms with E-state index in [2.05, 4.69) is 40.6 Å². The molecule has 0 radical (unpaired) electrons. The second kappa shape index (κ2) is 4.56. The molecule has 1 N–H and O–H groups in total. The number of aromatic nitrogens is 2. The minimum absolute atomic E-state index is 0.729. The predicted molar refractivity (Wildman–Crippen MR) is 74.7 cm³/mol. The highest BCUT2D eigenvalue weighted by atomic mass is 15.2. The number of hydrogen-bond donors (Lipinski definition) is 1. The molecule has 1 saturated carbocycles. The molecule has 18 heavy (non-hydrogen) atoms. The number of aryl methyl sites for hydroxylation is 1. The Morgan fingerprint density at radius 2 is 1.94 bits per heavy atom. The van der Waals surface area contributed by atoms with Gasteiger partial charge in [0.05, 0.1) is 5.69 Å². The van der Waals surface area contributed by atoms with E-state index < -0.39 is 0 Å². The molecule has 0 saturated heterocycles. The first-order chi connectivity index (χ1) is 8.75. The minimum Gasteiger partial charge on any atom is -0.368 e. The fourth-order valence-corrected chi connectivity index (χ4v) is 2.46. The SMILES string of the molecule is Cc1nnc(NCC(C)C2CC2)c2ccccc12. The summed E-state index contributed by atoms with van der Waals surface area (Å²) in [6, 6.07) is 8.32. The third kappa shape index (κ3) is 2.17. The van der Waals surface area contributed by atoms with E-state index in [9.17, 15) is 0 Å². The molecule has 1 atom stereocenters. The van der Waals surface area contributed by atoms with E-state index >= 15 is 0 Å². The molecule has 1 fully saturated rings. The van der Waals surface area contributed by atoms with Crippen LogP contribution in [-0.4, -0.2) is 16.7 Å². The second-order valence-corrected chi connectivity index (χ2v) is 5.38. The molecule has 1 aromatic carbocycles. The van der Waals surface area contributed by atoms with E-state index in [1.807, 2.05) is 13.0 Å². The molecule has 3 heteroatoms. The first kappa shape index (κ1) is 11.5. The van der Waals surface area contributed by atoms with Crippen molar-refractivity contribution in [3.8, 4) is 0 Å². The molecular weight excluding hydrogens is 222 g/mol. The molecule has 94 valence electrons. The number of fused-ring (bicyclic) bond motifs is 1. The normalized spacial score (nSPS) is 16.8. The third-order valence-electron chi connectivity index (χ3n) is 3.89. The lowest BCUT2D eigenvalue weighted by molar-refractivity contribution is 0.536. The van der Waals surface area contributed by atoms with Crippen molar-refractivity contribution in [1.29, 1.82) is 0 Å². The van der Waals surface area contributed by atoms with Crippen LogP contribution in [0.15, 0.2) is 24.3 Å². The van der Waals surface area contributed by atoms with E-state index in [0.717, 1.165) is 29.9 Å². The average Bonchev–Trinajstić information content (AvgIpc) is 3.22. The number of rotatable bonds is 4. The molecule has 1 unspecified atom stereocenters. The van der Waals surface area contributed by atoms with Gasteiger partial charge < -0.3 is 5.32 Å². The van der Waals surface area contributed by atoms with Crippen LogP contribution < -0.4 is 5.32 Å². The molecule has 1 heterocycles. The van der Waals surface area contributed by atoms with Crippen molar-refractivity contribution in [3.05, 3.63) is 30.0 Å². The van der Waals surface area contributed by atoms with Gasteiger partial charge in [0.15, 0.2) is 5.82 Å². The maximum atomic E-state index is 4.30. The van der Waals surface area contributed by atoms with Gasteiger partial charge in [-0.2, -0.15) is 5.10 Å². The molecule has 1 aromatic heterocycles. The number of benzene rings is 1. The molecule has 2 aromatic rings. The highest BCUT2D eigenvalue weighted by Crippen LogP contribution is 2.36. The number of hydrogen-bond acceptors (Lipinski definition) is 3. The molecule has 3 nitrogen and oxygen atoms in total. The molecule has 0 amide bonds. The van der Waals surface area contributed by atoms with Crippen LogP contribution in [0.1, 0.15) is 25.5 Å². The molecule has 1 aliphatic carbocycles. The quantitative estimate of drug-likeness (QED) is 0.891. The van der Waals surface area contributed by atoms with Crippen LogP contribution in [0.2, 0.25) is 0 Å². The summed E-state index contributed by atoms with van der Waals surface area (Å²) in [6.07, 6.45) is 2.78. The Balaban J connectivity index is 1.85. The lowest BCUT2D eigenvalue weighted by atomic mass is 10.1. The zero-order chi connectivity index (χ0) is 12.5. The Labute approximate surface area is 108 Å². The summed E-state index contributed by atoms with van der Waals surface area (Å²) in [4.78, 5) is 0. The zero-order valence-electron chi connectivity index (χ0n) is 11.0. The zero-order valence-corrected chi connectivity index (χ0v) is 11.0. The monoisotopic (exact) mass is 241 g/mol. The van der Waals surface area contributed by atoms with Crippen LogP contribution in [-0.2, 0) is 0 Å². The second-order valence-electron chi connectivity index (χ2n) is 5.38. The molecule has 0 aliphatic heterocycles. The Hall–Kier alpha value is -1.64. The Kier molecular flexibility index (Phi) is 2.90. The summed E-state index contributed by atoms with van der Waals surface area (Å²) in [5.74, 6) is 2.57. The van der Waals surface area contributed by atoms with Crippen molar-refractivity contribution in [1.82, 2.24) is 10.2 Å². The Morgan fingerprint density at radius 1 is 1.22 bits per heavy atom. The van der Waals surface area contributed by atoms with E-state index in [-0.39, 0.29) is 0 Å². The first-order valence-electron chi connectivity index (χ1n) is 6.71. The van der Waals surface area contributed by atoms with E-state index in [0.29, 0.717) is 0 Å². The van der Waals surface area contributed by atoms with E-state index in [1.54, 1.807) is 0 Å². The molecule has 1 aliphatic rings. The summed E-state index contributed by atoms with van der Waals surface area (Å²) in [7, 11) is 0. The van der Waals surface area contributed by atoms with Gasteiger partial charge in [-0.15, -0.1) is 5.10 Å². The van der Waals surface area contributed by atoms with Gasteiger partial charge in [0.1, 0.15) is 0 Å². The lowest BCUT2D eigenvalue weighted by Crippen LogP contribution is -2.14. The lowest BCUT2D eigenvalue weighted by Gasteiger charge is -2.13. The summed E-state index contributed by atoms with van der Waals surface area (Å²) in [5, 5.41) is 14.4. The highest BCUT2D eigenvalue weighted by Gasteiger charge is 2.27. The van der Waals surface area contributed by atoms with Crippen LogP contribution in [0.4, 0.5) is 5.82 Å². The van der Waals surface area contributed by atoms with Crippen LogP contribution in [0.5, 0.6) is 0 Å². The molecule has 3 rings (SSSR count). The minimum atomic E-state index is 0.729. The maximum absolute atomic E-state index is 4.30. The number of nitrogens with zero attached hydrogens (tertiary/aromatic N) is 2. The number of nitrogens with one attached hydrogen (secondary N) is 1. The van der Waals surface area contributed by atoms with Crippen molar-refractivity contribution in [2.24, 2.45) is 11.8 Å². The first-order valence-corrected chi connectivity index (χ1v) is 6.71. The fourth-order valence-electron chi connectivity index (χ4n) is 2.46. The van der Waals surface area contributed by atoms with Gasteiger partial charge in [-0.25, -0.2) is 0 Å². The van der Waals surface area contributed by atoms with Crippen LogP contribution in [0.25, 0.3) is 10.8 Å². The third-order valence-corrected chi connectivity index (χ3v) is 3.89. The highest BCUT2D eigenvalue weighted by molar-refractivity contribution is 5.92. The summed E-state index contributed by atoms with van der Waals surface area (Å²) >= 11 is 0. The summed E-state index contributed by atoms with van der Waals surface area (Å²) < 4.78 is 0. The Bertz CT molecular complexity index is 561. The predicted octanol–water partition coefficient (Wildman–Crippen LogP) is 3.40. The van der Waals surface area contributed by atoms with Crippen LogP contribution in [0, 0.1) is 18.8 Å². The van der Waals surface area contributed by atoms with Crippen molar-refractivity contribution in [2.75, 3.05) is 11.9 Å². The average molecular weight is 241 g/mol. The van der Waals surface area contributed by atoms with Crippen molar-refractivity contribution >= 4 is 16.6 Å². The van der Waals surface area contributed by atoms with E-state index in [4.69, 9.17) is 0 Å². The largest absolute Gasteiger partial charge is 0.368 e. The van der Waals surface area contributed by atoms with Gasteiger partial charge in [-0.1, -0.05) is 31.2 Å². The van der Waals surface area contributed by atoms with Gasteiger partial charge in [-0.05, 0) is 31.6 Å². The standard InChI is InChI=1S/C15H19N3/c1-10(12-7-8-12)9-16-15-14-6-4-3-5-13(14)11(2)17-18-15/h3-6,10,12H,7-9H2,1-2H3,(H,16,18). The summed E-state index contributed by atoms with van der Waals surface area (Å²) in [6.45, 7) is 5.31. The van der Waals surface area contributed by atoms with Gasteiger partial charge in [0.25, 0.3) is 0 Å². The maximum Gasteiger partial charge on any atom is 0.156 e. The van der Waals surface area contributed by atoms with Gasteiger partial charge in [0.2, 0.25) is 0 Å². The molecule has 0 bridgehead atoms. The van der Waals surface area contributed by atoms with E-state index in [1.165, 1.54) is 23.6 Å². The molecular formula is C15H19N3. The van der Waals surface area contributed by atoms with Gasteiger partial charge in [-0.3, -0.25) is 0 Å². The van der Waals surface area contributed by atoms with Crippen molar-refractivity contribution < 1.29 is 0 Å².